The number of nitrogens with one attached hydrogen (secondary N) is 1. The second-order valence-electron chi connectivity index (χ2n) is 6.29. The minimum absolute atomic E-state index is 0.0579. The normalized spacial score (nSPS) is 15.3. The smallest absolute Gasteiger partial charge is 0.248 e. The van der Waals surface area contributed by atoms with Crippen molar-refractivity contribution in [2.45, 2.75) is 19.8 Å². The molecule has 3 N–H and O–H groups in total. The van der Waals surface area contributed by atoms with E-state index in [2.05, 4.69) is 15.2 Å². The highest BCUT2D eigenvalue weighted by molar-refractivity contribution is 7.09. The van der Waals surface area contributed by atoms with Crippen LogP contribution in [0.1, 0.15) is 23.5 Å². The average molecular weight is 370 g/mol. The number of piperidine rings is 1. The Morgan fingerprint density at radius 1 is 1.31 bits per heavy atom. The van der Waals surface area contributed by atoms with Gasteiger partial charge in [-0.05, 0) is 38.0 Å². The second-order valence-corrected chi connectivity index (χ2v) is 7.36. The lowest BCUT2D eigenvalue weighted by Crippen LogP contribution is -2.38. The summed E-state index contributed by atoms with van der Waals surface area (Å²) < 4.78 is 0. The minimum Gasteiger partial charge on any atom is -0.370 e. The van der Waals surface area contributed by atoms with Crippen molar-refractivity contribution in [1.82, 2.24) is 4.98 Å². The van der Waals surface area contributed by atoms with Gasteiger partial charge < -0.3 is 16.0 Å². The fraction of sp³-hybridized carbons (Fsp3) is 0.316. The number of nitrogens with zero attached hydrogens (tertiary/aromatic N) is 2. The molecule has 0 bridgehead atoms. The quantitative estimate of drug-likeness (QED) is 0.792. The lowest BCUT2D eigenvalue weighted by atomic mass is 9.96. The first-order valence-corrected chi connectivity index (χ1v) is 9.45. The van der Waals surface area contributed by atoms with Crippen molar-refractivity contribution in [3.63, 3.8) is 0 Å². The van der Waals surface area contributed by atoms with Gasteiger partial charge in [0.2, 0.25) is 11.8 Å². The molecule has 1 saturated heterocycles. The summed E-state index contributed by atoms with van der Waals surface area (Å²) in [4.78, 5) is 30.1. The fourth-order valence-electron chi connectivity index (χ4n) is 3.05. The van der Waals surface area contributed by atoms with Crippen LogP contribution in [-0.4, -0.2) is 29.9 Å². The van der Waals surface area contributed by atoms with Crippen LogP contribution in [0.2, 0.25) is 0 Å². The number of carbonyl (C=O) groups is 2. The molecule has 2 amide bonds. The van der Waals surface area contributed by atoms with Gasteiger partial charge in [-0.1, -0.05) is 12.1 Å². The highest BCUT2D eigenvalue weighted by Gasteiger charge is 2.24. The van der Waals surface area contributed by atoms with Crippen LogP contribution in [0.25, 0.3) is 6.08 Å². The maximum Gasteiger partial charge on any atom is 0.248 e. The molecule has 0 aliphatic carbocycles. The molecule has 1 aromatic carbocycles. The van der Waals surface area contributed by atoms with E-state index in [1.165, 1.54) is 6.08 Å². The number of hydrogen-bond acceptors (Lipinski definition) is 5. The molecule has 2 aromatic rings. The number of aromatic nitrogens is 1. The number of anilines is 2. The van der Waals surface area contributed by atoms with Crippen LogP contribution in [-0.2, 0) is 9.59 Å². The number of nitrogens with two attached hydrogens (primary N) is 1. The van der Waals surface area contributed by atoms with Gasteiger partial charge in [0, 0.05) is 30.5 Å². The summed E-state index contributed by atoms with van der Waals surface area (Å²) in [5.74, 6) is -0.485. The Bertz CT molecular complexity index is 822. The monoisotopic (exact) mass is 370 g/mol. The molecule has 6 nitrogen and oxygen atoms in total. The number of rotatable bonds is 5. The standard InChI is InChI=1S/C19H22N4O2S/c1-13-21-15(12-26-13)6-7-18(24)22-16-4-2-3-5-17(16)23-10-8-14(9-11-23)19(20)25/h2-7,12,14H,8-11H2,1H3,(H2,20,25)(H,22,24)/b7-6+. The third kappa shape index (κ3) is 4.49. The van der Waals surface area contributed by atoms with Crippen molar-refractivity contribution < 1.29 is 9.59 Å². The van der Waals surface area contributed by atoms with Gasteiger partial charge in [0.05, 0.1) is 22.1 Å². The third-order valence-corrected chi connectivity index (χ3v) is 5.23. The highest BCUT2D eigenvalue weighted by atomic mass is 32.1. The molecular weight excluding hydrogens is 348 g/mol. The van der Waals surface area contributed by atoms with Crippen molar-refractivity contribution in [3.05, 3.63) is 46.4 Å². The van der Waals surface area contributed by atoms with Crippen LogP contribution < -0.4 is 16.0 Å². The molecule has 1 aromatic heterocycles. The lowest BCUT2D eigenvalue weighted by molar-refractivity contribution is -0.122. The van der Waals surface area contributed by atoms with E-state index >= 15 is 0 Å². The van der Waals surface area contributed by atoms with Crippen molar-refractivity contribution in [2.75, 3.05) is 23.3 Å². The molecule has 0 atom stereocenters. The van der Waals surface area contributed by atoms with Gasteiger partial charge in [0.25, 0.3) is 0 Å². The summed E-state index contributed by atoms with van der Waals surface area (Å²) in [6.45, 7) is 3.42. The van der Waals surface area contributed by atoms with E-state index in [4.69, 9.17) is 5.73 Å². The largest absolute Gasteiger partial charge is 0.370 e. The maximum atomic E-state index is 12.3. The van der Waals surface area contributed by atoms with Crippen LogP contribution >= 0.6 is 11.3 Å². The van der Waals surface area contributed by atoms with Gasteiger partial charge in [-0.15, -0.1) is 11.3 Å². The van der Waals surface area contributed by atoms with Crippen LogP contribution in [0.4, 0.5) is 11.4 Å². The molecule has 0 radical (unpaired) electrons. The molecule has 3 rings (SSSR count). The van der Waals surface area contributed by atoms with E-state index in [0.717, 1.165) is 48.0 Å². The maximum absolute atomic E-state index is 12.3. The fourth-order valence-corrected chi connectivity index (χ4v) is 3.63. The number of benzene rings is 1. The Kier molecular flexibility index (Phi) is 5.68. The Morgan fingerprint density at radius 3 is 2.69 bits per heavy atom. The van der Waals surface area contributed by atoms with Gasteiger partial charge in [0.15, 0.2) is 0 Å². The van der Waals surface area contributed by atoms with Crippen LogP contribution in [0.3, 0.4) is 0 Å². The van der Waals surface area contributed by atoms with Crippen LogP contribution in [0, 0.1) is 12.8 Å². The van der Waals surface area contributed by atoms with Gasteiger partial charge in [-0.3, -0.25) is 9.59 Å². The first-order valence-electron chi connectivity index (χ1n) is 8.57. The predicted molar refractivity (Wildman–Crippen MR) is 105 cm³/mol. The molecule has 1 aliphatic heterocycles. The zero-order valence-electron chi connectivity index (χ0n) is 14.6. The summed E-state index contributed by atoms with van der Waals surface area (Å²) in [6, 6.07) is 7.70. The number of aryl methyl sites for hydroxylation is 1. The molecule has 1 fully saturated rings. The number of hydrogen-bond donors (Lipinski definition) is 2. The first-order chi connectivity index (χ1) is 12.5. The molecule has 7 heteroatoms. The molecule has 0 saturated carbocycles. The Balaban J connectivity index is 1.66. The molecule has 136 valence electrons. The van der Waals surface area contributed by atoms with E-state index in [9.17, 15) is 9.59 Å². The summed E-state index contributed by atoms with van der Waals surface area (Å²) in [5.41, 5.74) is 7.90. The van der Waals surface area contributed by atoms with E-state index in [0.29, 0.717) is 0 Å². The Labute approximate surface area is 156 Å². The molecule has 1 aliphatic rings. The van der Waals surface area contributed by atoms with Gasteiger partial charge in [0.1, 0.15) is 0 Å². The van der Waals surface area contributed by atoms with Crippen molar-refractivity contribution in [2.24, 2.45) is 11.7 Å². The zero-order valence-corrected chi connectivity index (χ0v) is 15.5. The van der Waals surface area contributed by atoms with Gasteiger partial charge in [-0.2, -0.15) is 0 Å². The molecule has 0 unspecified atom stereocenters. The Morgan fingerprint density at radius 2 is 2.04 bits per heavy atom. The van der Waals surface area contributed by atoms with Crippen LogP contribution in [0.15, 0.2) is 35.7 Å². The van der Waals surface area contributed by atoms with Crippen molar-refractivity contribution in [3.8, 4) is 0 Å². The highest BCUT2D eigenvalue weighted by Crippen LogP contribution is 2.29. The minimum atomic E-state index is -0.228. The van der Waals surface area contributed by atoms with E-state index in [1.807, 2.05) is 36.6 Å². The lowest BCUT2D eigenvalue weighted by Gasteiger charge is -2.33. The first kappa shape index (κ1) is 18.1. The molecule has 2 heterocycles. The van der Waals surface area contributed by atoms with Crippen molar-refractivity contribution in [1.29, 1.82) is 0 Å². The topological polar surface area (TPSA) is 88.3 Å². The summed E-state index contributed by atoms with van der Waals surface area (Å²) >= 11 is 1.55. The number of amides is 2. The van der Waals surface area contributed by atoms with Gasteiger partial charge in [-0.25, -0.2) is 4.98 Å². The number of primary amides is 1. The average Bonchev–Trinajstić information content (AvgIpc) is 3.06. The Hall–Kier alpha value is -2.67. The molecule has 0 spiro atoms. The number of para-hydroxylation sites is 2. The number of thiazole rings is 1. The zero-order chi connectivity index (χ0) is 18.5. The van der Waals surface area contributed by atoms with Crippen LogP contribution in [0.5, 0.6) is 0 Å². The van der Waals surface area contributed by atoms with Crippen molar-refractivity contribution >= 4 is 40.6 Å². The third-order valence-electron chi connectivity index (χ3n) is 4.44. The summed E-state index contributed by atoms with van der Waals surface area (Å²) in [6.07, 6.45) is 4.67. The number of carbonyl (C=O) groups excluding carboxylic acids is 2. The predicted octanol–water partition coefficient (Wildman–Crippen LogP) is 2.81. The van der Waals surface area contributed by atoms with E-state index in [-0.39, 0.29) is 17.7 Å². The summed E-state index contributed by atoms with van der Waals surface area (Å²) in [7, 11) is 0. The van der Waals surface area contributed by atoms with E-state index in [1.54, 1.807) is 17.4 Å². The SMILES string of the molecule is Cc1nc(/C=C/C(=O)Nc2ccccc2N2CCC(C(N)=O)CC2)cs1. The summed E-state index contributed by atoms with van der Waals surface area (Å²) in [5, 5.41) is 5.82. The second kappa shape index (κ2) is 8.14. The molecule has 26 heavy (non-hydrogen) atoms. The molecular formula is C19H22N4O2S. The van der Waals surface area contributed by atoms with E-state index < -0.39 is 0 Å². The van der Waals surface area contributed by atoms with Gasteiger partial charge >= 0.3 is 0 Å².